The largest absolute Gasteiger partial charge is 0.490 e. The molecule has 1 rings (SSSR count). The van der Waals surface area contributed by atoms with Crippen molar-refractivity contribution in [3.8, 4) is 5.75 Å². The van der Waals surface area contributed by atoms with Gasteiger partial charge >= 0.3 is 18.2 Å². The summed E-state index contributed by atoms with van der Waals surface area (Å²) in [5, 5.41) is 20.7. The number of hydrogen-bond acceptors (Lipinski definition) is 9. The molecule has 11 nitrogen and oxygen atoms in total. The van der Waals surface area contributed by atoms with Gasteiger partial charge in [-0.15, -0.1) is 0 Å². The number of alkyl carbamates (subject to hydrolysis) is 1. The van der Waals surface area contributed by atoms with Crippen LogP contribution in [0, 0.1) is 5.41 Å². The lowest BCUT2D eigenvalue weighted by molar-refractivity contribution is -0.151. The van der Waals surface area contributed by atoms with E-state index in [4.69, 9.17) is 19.6 Å². The van der Waals surface area contributed by atoms with Crippen LogP contribution in [-0.4, -0.2) is 78.1 Å². The van der Waals surface area contributed by atoms with E-state index < -0.39 is 35.5 Å². The standard InChI is InChI=1S/C23H35N3O8/c1-22(2,3)33-20(29)25-12-13-26(21(30)34-23(4,5)6)18(24)15-8-10-16(11-9-15)32-14-17(27)19(28)31-7/h8-11,17,24,27H,12-14H2,1-7H3,(H,25,29). The number of amidine groups is 1. The van der Waals surface area contributed by atoms with E-state index in [9.17, 15) is 19.5 Å². The number of nitrogens with one attached hydrogen (secondary N) is 2. The number of benzene rings is 1. The topological polar surface area (TPSA) is 147 Å². The molecule has 0 aromatic heterocycles. The number of carbonyl (C=O) groups excluding carboxylic acids is 3. The van der Waals surface area contributed by atoms with Crippen molar-refractivity contribution in [2.75, 3.05) is 26.8 Å². The van der Waals surface area contributed by atoms with Gasteiger partial charge in [-0.2, -0.15) is 0 Å². The van der Waals surface area contributed by atoms with E-state index in [2.05, 4.69) is 10.1 Å². The number of nitrogens with zero attached hydrogens (tertiary/aromatic N) is 1. The van der Waals surface area contributed by atoms with Crippen LogP contribution in [0.2, 0.25) is 0 Å². The summed E-state index contributed by atoms with van der Waals surface area (Å²) in [7, 11) is 1.16. The highest BCUT2D eigenvalue weighted by atomic mass is 16.6. The number of methoxy groups -OCH3 is 1. The van der Waals surface area contributed by atoms with Crippen LogP contribution in [0.3, 0.4) is 0 Å². The highest BCUT2D eigenvalue weighted by molar-refractivity contribution is 6.04. The maximum absolute atomic E-state index is 12.7. The van der Waals surface area contributed by atoms with E-state index >= 15 is 0 Å². The summed E-state index contributed by atoms with van der Waals surface area (Å²) < 4.78 is 20.4. The Morgan fingerprint density at radius 3 is 2.09 bits per heavy atom. The number of rotatable bonds is 8. The molecule has 2 amide bonds. The van der Waals surface area contributed by atoms with Gasteiger partial charge in [-0.1, -0.05) is 0 Å². The number of ether oxygens (including phenoxy) is 4. The first-order chi connectivity index (χ1) is 15.6. The van der Waals surface area contributed by atoms with Crippen molar-refractivity contribution < 1.29 is 38.4 Å². The zero-order chi connectivity index (χ0) is 26.1. The van der Waals surface area contributed by atoms with Crippen LogP contribution in [0.4, 0.5) is 9.59 Å². The van der Waals surface area contributed by atoms with Gasteiger partial charge in [-0.25, -0.2) is 14.4 Å². The second-order valence-electron chi connectivity index (χ2n) is 9.28. The van der Waals surface area contributed by atoms with Crippen LogP contribution in [0.5, 0.6) is 5.75 Å². The minimum Gasteiger partial charge on any atom is -0.490 e. The van der Waals surface area contributed by atoms with Crippen LogP contribution in [-0.2, 0) is 19.0 Å². The Balaban J connectivity index is 2.88. The van der Waals surface area contributed by atoms with E-state index in [0.29, 0.717) is 11.3 Å². The number of hydrogen-bond donors (Lipinski definition) is 3. The molecule has 0 heterocycles. The third-order valence-corrected chi connectivity index (χ3v) is 3.90. The fraction of sp³-hybridized carbons (Fsp3) is 0.565. The lowest BCUT2D eigenvalue weighted by atomic mass is 10.1. The van der Waals surface area contributed by atoms with Crippen molar-refractivity contribution in [1.82, 2.24) is 10.2 Å². The van der Waals surface area contributed by atoms with Crippen LogP contribution in [0.1, 0.15) is 47.1 Å². The Kier molecular flexibility index (Phi) is 10.3. The third-order valence-electron chi connectivity index (χ3n) is 3.90. The van der Waals surface area contributed by atoms with Gasteiger partial charge in [0.1, 0.15) is 29.4 Å². The highest BCUT2D eigenvalue weighted by Gasteiger charge is 2.26. The zero-order valence-corrected chi connectivity index (χ0v) is 20.8. The summed E-state index contributed by atoms with van der Waals surface area (Å²) in [6.45, 7) is 10.0. The summed E-state index contributed by atoms with van der Waals surface area (Å²) in [5.41, 5.74) is -1.07. The zero-order valence-electron chi connectivity index (χ0n) is 20.8. The van der Waals surface area contributed by atoms with E-state index in [1.54, 1.807) is 53.7 Å². The SMILES string of the molecule is COC(=O)C(O)COc1ccc(C(=N)N(CCNC(=O)OC(C)(C)C)C(=O)OC(C)(C)C)cc1. The molecule has 0 saturated heterocycles. The lowest BCUT2D eigenvalue weighted by Crippen LogP contribution is -2.45. The molecule has 34 heavy (non-hydrogen) atoms. The van der Waals surface area contributed by atoms with Crippen LogP contribution in [0.15, 0.2) is 24.3 Å². The van der Waals surface area contributed by atoms with Crippen LogP contribution in [0.25, 0.3) is 0 Å². The molecule has 0 bridgehead atoms. The molecule has 3 N–H and O–H groups in total. The monoisotopic (exact) mass is 481 g/mol. The Hall–Kier alpha value is -3.34. The van der Waals surface area contributed by atoms with Crippen molar-refractivity contribution in [2.45, 2.75) is 58.8 Å². The molecule has 1 aromatic rings. The van der Waals surface area contributed by atoms with E-state index in [-0.39, 0.29) is 25.5 Å². The van der Waals surface area contributed by atoms with Crippen molar-refractivity contribution in [1.29, 1.82) is 5.41 Å². The van der Waals surface area contributed by atoms with E-state index in [0.717, 1.165) is 12.0 Å². The van der Waals surface area contributed by atoms with Gasteiger partial charge in [0.25, 0.3) is 0 Å². The van der Waals surface area contributed by atoms with Crippen molar-refractivity contribution in [3.63, 3.8) is 0 Å². The molecule has 0 aliphatic rings. The minimum atomic E-state index is -1.43. The molecule has 190 valence electrons. The maximum atomic E-state index is 12.7. The first-order valence-corrected chi connectivity index (χ1v) is 10.7. The van der Waals surface area contributed by atoms with Gasteiger partial charge < -0.3 is 29.4 Å². The number of aliphatic hydroxyl groups is 1. The molecule has 0 fully saturated rings. The fourth-order valence-corrected chi connectivity index (χ4v) is 2.44. The second kappa shape index (κ2) is 12.2. The normalized spacial score (nSPS) is 12.2. The summed E-state index contributed by atoms with van der Waals surface area (Å²) in [4.78, 5) is 37.0. The molecular weight excluding hydrogens is 446 g/mol. The van der Waals surface area contributed by atoms with E-state index in [1.165, 1.54) is 12.1 Å². The first kappa shape index (κ1) is 28.7. The molecule has 11 heteroatoms. The number of aliphatic hydroxyl groups excluding tert-OH is 1. The van der Waals surface area contributed by atoms with Crippen molar-refractivity contribution >= 4 is 24.0 Å². The lowest BCUT2D eigenvalue weighted by Gasteiger charge is -2.28. The smallest absolute Gasteiger partial charge is 0.416 e. The quantitative estimate of drug-likeness (QED) is 0.222. The molecule has 1 aromatic carbocycles. The van der Waals surface area contributed by atoms with Crippen molar-refractivity contribution in [3.05, 3.63) is 29.8 Å². The maximum Gasteiger partial charge on any atom is 0.416 e. The average molecular weight is 482 g/mol. The molecular formula is C23H35N3O8. The minimum absolute atomic E-state index is 0.0309. The van der Waals surface area contributed by atoms with E-state index in [1.807, 2.05) is 0 Å². The van der Waals surface area contributed by atoms with Gasteiger partial charge in [0.15, 0.2) is 6.10 Å². The Bertz CT molecular complexity index is 856. The van der Waals surface area contributed by atoms with Gasteiger partial charge in [0, 0.05) is 18.7 Å². The van der Waals surface area contributed by atoms with Gasteiger partial charge in [-0.05, 0) is 65.8 Å². The molecule has 0 spiro atoms. The molecule has 0 aliphatic carbocycles. The van der Waals surface area contributed by atoms with Gasteiger partial charge in [0.05, 0.1) is 7.11 Å². The summed E-state index contributed by atoms with van der Waals surface area (Å²) in [6, 6.07) is 6.14. The first-order valence-electron chi connectivity index (χ1n) is 10.7. The number of amides is 2. The predicted molar refractivity (Wildman–Crippen MR) is 124 cm³/mol. The number of carbonyl (C=O) groups is 3. The van der Waals surface area contributed by atoms with Gasteiger partial charge in [-0.3, -0.25) is 10.3 Å². The summed E-state index contributed by atoms with van der Waals surface area (Å²) >= 11 is 0. The number of esters is 1. The predicted octanol–water partition coefficient (Wildman–Crippen LogP) is 2.69. The highest BCUT2D eigenvalue weighted by Crippen LogP contribution is 2.16. The fourth-order valence-electron chi connectivity index (χ4n) is 2.44. The van der Waals surface area contributed by atoms with Crippen LogP contribution < -0.4 is 10.1 Å². The van der Waals surface area contributed by atoms with Gasteiger partial charge in [0.2, 0.25) is 0 Å². The molecule has 1 atom stereocenters. The molecule has 0 aliphatic heterocycles. The summed E-state index contributed by atoms with van der Waals surface area (Å²) in [5.74, 6) is -0.623. The summed E-state index contributed by atoms with van der Waals surface area (Å²) in [6.07, 6.45) is -2.81. The molecule has 1 unspecified atom stereocenters. The Labute approximate surface area is 199 Å². The third kappa shape index (κ3) is 10.5. The Morgan fingerprint density at radius 1 is 1.03 bits per heavy atom. The molecule has 0 saturated carbocycles. The molecule has 0 radical (unpaired) electrons. The van der Waals surface area contributed by atoms with Crippen molar-refractivity contribution in [2.24, 2.45) is 0 Å². The van der Waals surface area contributed by atoms with Crippen LogP contribution >= 0.6 is 0 Å². The second-order valence-corrected chi connectivity index (χ2v) is 9.28. The Morgan fingerprint density at radius 2 is 1.59 bits per heavy atom. The average Bonchev–Trinajstić information content (AvgIpc) is 2.71.